The minimum atomic E-state index is -3.88. The van der Waals surface area contributed by atoms with Crippen molar-refractivity contribution in [2.45, 2.75) is 23.5 Å². The molecule has 0 aromatic heterocycles. The highest BCUT2D eigenvalue weighted by molar-refractivity contribution is 7.99. The summed E-state index contributed by atoms with van der Waals surface area (Å²) >= 11 is 13.2. The van der Waals surface area contributed by atoms with Crippen molar-refractivity contribution in [2.75, 3.05) is 12.8 Å². The third kappa shape index (κ3) is 4.75. The zero-order valence-corrected chi connectivity index (χ0v) is 14.5. The van der Waals surface area contributed by atoms with Crippen LogP contribution in [0, 0.1) is 0 Å². The molecule has 0 amide bonds. The zero-order valence-electron chi connectivity index (χ0n) is 11.4. The highest BCUT2D eigenvalue weighted by Crippen LogP contribution is 2.31. The first-order valence-corrected chi connectivity index (χ1v) is 9.47. The predicted molar refractivity (Wildman–Crippen MR) is 86.2 cm³/mol. The molecule has 2 N–H and O–H groups in total. The molecule has 0 bridgehead atoms. The second kappa shape index (κ2) is 7.69. The van der Waals surface area contributed by atoms with E-state index in [1.807, 2.05) is 13.2 Å². The van der Waals surface area contributed by atoms with Crippen LogP contribution >= 0.6 is 35.0 Å². The molecule has 0 heterocycles. The number of aromatic carboxylic acids is 1. The van der Waals surface area contributed by atoms with Gasteiger partial charge in [0.1, 0.15) is 4.90 Å². The van der Waals surface area contributed by atoms with E-state index in [1.165, 1.54) is 12.1 Å². The van der Waals surface area contributed by atoms with Crippen LogP contribution < -0.4 is 4.72 Å². The van der Waals surface area contributed by atoms with Gasteiger partial charge in [-0.1, -0.05) is 30.1 Å². The van der Waals surface area contributed by atoms with Crippen molar-refractivity contribution in [2.24, 2.45) is 0 Å². The average Bonchev–Trinajstić information content (AvgIpc) is 2.37. The summed E-state index contributed by atoms with van der Waals surface area (Å²) < 4.78 is 26.7. The number of carboxylic acid groups (broad SMARTS) is 1. The molecule has 0 aliphatic carbocycles. The standard InChI is InChI=1S/C12H15Cl2NO4S2/c1-7(20-2)5-6-15-21(18,19)9-4-3-8(13)10(11(9)14)12(16)17/h3-4,7,15H,5-6H2,1-2H3,(H,16,17). The lowest BCUT2D eigenvalue weighted by Gasteiger charge is -2.12. The van der Waals surface area contributed by atoms with Crippen LogP contribution in [0.3, 0.4) is 0 Å². The third-order valence-corrected chi connectivity index (χ3v) is 6.17. The highest BCUT2D eigenvalue weighted by Gasteiger charge is 2.24. The Morgan fingerprint density at radius 2 is 2.05 bits per heavy atom. The molecule has 0 spiro atoms. The number of halogens is 2. The molecular formula is C12H15Cl2NO4S2. The Bertz CT molecular complexity index is 634. The Balaban J connectivity index is 3.04. The summed E-state index contributed by atoms with van der Waals surface area (Å²) in [6.07, 6.45) is 2.59. The van der Waals surface area contributed by atoms with E-state index in [-0.39, 0.29) is 21.5 Å². The normalized spacial score (nSPS) is 13.1. The minimum Gasteiger partial charge on any atom is -0.478 e. The van der Waals surface area contributed by atoms with E-state index in [0.717, 1.165) is 0 Å². The largest absolute Gasteiger partial charge is 0.478 e. The fourth-order valence-corrected chi connectivity index (χ4v) is 3.85. The second-order valence-corrected chi connectivity index (χ2v) is 8.07. The molecule has 0 saturated heterocycles. The third-order valence-electron chi connectivity index (χ3n) is 2.80. The van der Waals surface area contributed by atoms with Gasteiger partial charge < -0.3 is 5.11 Å². The molecule has 9 heteroatoms. The van der Waals surface area contributed by atoms with Gasteiger partial charge in [0.15, 0.2) is 0 Å². The van der Waals surface area contributed by atoms with E-state index in [0.29, 0.717) is 11.7 Å². The summed E-state index contributed by atoms with van der Waals surface area (Å²) in [4.78, 5) is 10.8. The van der Waals surface area contributed by atoms with Crippen LogP contribution in [0.5, 0.6) is 0 Å². The number of carboxylic acids is 1. The highest BCUT2D eigenvalue weighted by atomic mass is 35.5. The Labute approximate surface area is 138 Å². The van der Waals surface area contributed by atoms with Gasteiger partial charge in [0.2, 0.25) is 10.0 Å². The molecule has 1 unspecified atom stereocenters. The number of rotatable bonds is 7. The van der Waals surface area contributed by atoms with Gasteiger partial charge in [0.05, 0.1) is 15.6 Å². The van der Waals surface area contributed by atoms with E-state index in [4.69, 9.17) is 28.3 Å². The Morgan fingerprint density at radius 1 is 1.43 bits per heavy atom. The van der Waals surface area contributed by atoms with Crippen LogP contribution in [0.15, 0.2) is 17.0 Å². The second-order valence-electron chi connectivity index (χ2n) is 4.27. The zero-order chi connectivity index (χ0) is 16.2. The van der Waals surface area contributed by atoms with Crippen molar-refractivity contribution >= 4 is 51.0 Å². The van der Waals surface area contributed by atoms with E-state index >= 15 is 0 Å². The first-order chi connectivity index (χ1) is 9.70. The average molecular weight is 372 g/mol. The molecule has 0 aliphatic heterocycles. The van der Waals surface area contributed by atoms with Crippen LogP contribution in [0.2, 0.25) is 10.0 Å². The maximum atomic E-state index is 12.2. The molecule has 118 valence electrons. The van der Waals surface area contributed by atoms with Gasteiger partial charge in [-0.25, -0.2) is 17.9 Å². The molecular weight excluding hydrogens is 357 g/mol. The molecule has 0 fully saturated rings. The molecule has 0 saturated carbocycles. The van der Waals surface area contributed by atoms with Gasteiger partial charge in [-0.15, -0.1) is 0 Å². The van der Waals surface area contributed by atoms with Crippen molar-refractivity contribution in [3.8, 4) is 0 Å². The van der Waals surface area contributed by atoms with Gasteiger partial charge in [-0.05, 0) is 24.8 Å². The van der Waals surface area contributed by atoms with Gasteiger partial charge in [0, 0.05) is 11.8 Å². The summed E-state index contributed by atoms with van der Waals surface area (Å²) in [6.45, 7) is 2.22. The number of carbonyl (C=O) groups is 1. The Morgan fingerprint density at radius 3 is 2.57 bits per heavy atom. The Kier molecular flexibility index (Phi) is 6.80. The smallest absolute Gasteiger partial charge is 0.338 e. The summed E-state index contributed by atoms with van der Waals surface area (Å²) in [7, 11) is -3.88. The first-order valence-electron chi connectivity index (χ1n) is 5.94. The topological polar surface area (TPSA) is 83.5 Å². The molecule has 1 atom stereocenters. The number of nitrogens with one attached hydrogen (secondary N) is 1. The molecule has 0 radical (unpaired) electrons. The molecule has 5 nitrogen and oxygen atoms in total. The van der Waals surface area contributed by atoms with Gasteiger partial charge >= 0.3 is 5.97 Å². The number of thioether (sulfide) groups is 1. The first kappa shape index (κ1) is 18.6. The quantitative estimate of drug-likeness (QED) is 0.769. The van der Waals surface area contributed by atoms with Crippen LogP contribution in [0.25, 0.3) is 0 Å². The van der Waals surface area contributed by atoms with E-state index in [1.54, 1.807) is 11.8 Å². The number of hydrogen-bond donors (Lipinski definition) is 2. The molecule has 1 rings (SSSR count). The lowest BCUT2D eigenvalue weighted by Crippen LogP contribution is -2.27. The lowest BCUT2D eigenvalue weighted by atomic mass is 10.2. The number of benzene rings is 1. The van der Waals surface area contributed by atoms with Crippen LogP contribution in [-0.4, -0.2) is 37.5 Å². The SMILES string of the molecule is CSC(C)CCNS(=O)(=O)c1ccc(Cl)c(C(=O)O)c1Cl. The van der Waals surface area contributed by atoms with Crippen molar-refractivity contribution in [1.82, 2.24) is 4.72 Å². The van der Waals surface area contributed by atoms with Crippen molar-refractivity contribution in [3.05, 3.63) is 27.7 Å². The molecule has 21 heavy (non-hydrogen) atoms. The van der Waals surface area contributed by atoms with Gasteiger partial charge in [0.25, 0.3) is 0 Å². The van der Waals surface area contributed by atoms with Crippen molar-refractivity contribution < 1.29 is 18.3 Å². The summed E-state index contributed by atoms with van der Waals surface area (Å²) in [6, 6.07) is 2.40. The van der Waals surface area contributed by atoms with E-state index in [2.05, 4.69) is 4.72 Å². The van der Waals surface area contributed by atoms with Crippen molar-refractivity contribution in [1.29, 1.82) is 0 Å². The van der Waals surface area contributed by atoms with Crippen LogP contribution in [0.1, 0.15) is 23.7 Å². The van der Waals surface area contributed by atoms with E-state index < -0.39 is 21.6 Å². The number of sulfonamides is 1. The molecule has 0 aliphatic rings. The summed E-state index contributed by atoms with van der Waals surface area (Å²) in [5, 5.41) is 8.84. The number of hydrogen-bond acceptors (Lipinski definition) is 4. The minimum absolute atomic E-state index is 0.109. The van der Waals surface area contributed by atoms with Crippen molar-refractivity contribution in [3.63, 3.8) is 0 Å². The maximum absolute atomic E-state index is 12.2. The van der Waals surface area contributed by atoms with Gasteiger partial charge in [-0.3, -0.25) is 0 Å². The maximum Gasteiger partial charge on any atom is 0.338 e. The summed E-state index contributed by atoms with van der Waals surface area (Å²) in [5.41, 5.74) is -0.418. The lowest BCUT2D eigenvalue weighted by molar-refractivity contribution is 0.0697. The van der Waals surface area contributed by atoms with E-state index in [9.17, 15) is 13.2 Å². The summed E-state index contributed by atoms with van der Waals surface area (Å²) in [5.74, 6) is -1.38. The monoisotopic (exact) mass is 371 g/mol. The molecule has 1 aromatic rings. The van der Waals surface area contributed by atoms with Crippen LogP contribution in [0.4, 0.5) is 0 Å². The fourth-order valence-electron chi connectivity index (χ4n) is 1.53. The predicted octanol–water partition coefficient (Wildman–Crippen LogP) is 3.11. The molecule has 1 aromatic carbocycles. The Hall–Kier alpha value is -0.470. The fraction of sp³-hybridized carbons (Fsp3) is 0.417. The van der Waals surface area contributed by atoms with Crippen LogP contribution in [-0.2, 0) is 10.0 Å². The van der Waals surface area contributed by atoms with Gasteiger partial charge in [-0.2, -0.15) is 11.8 Å².